The Labute approximate surface area is 151 Å². The molecule has 2 N–H and O–H groups in total. The van der Waals surface area contributed by atoms with Gasteiger partial charge in [-0.3, -0.25) is 9.89 Å². The summed E-state index contributed by atoms with van der Waals surface area (Å²) in [7, 11) is 0. The zero-order valence-electron chi connectivity index (χ0n) is 13.9. The molecule has 0 amide bonds. The van der Waals surface area contributed by atoms with Crippen LogP contribution in [0.15, 0.2) is 35.3 Å². The average molecular weight is 416 g/mol. The van der Waals surface area contributed by atoms with Crippen LogP contribution in [-0.2, 0) is 6.54 Å². The highest BCUT2D eigenvalue weighted by Gasteiger charge is 2.29. The number of nitrogens with one attached hydrogen (secondary N) is 2. The zero-order valence-corrected chi connectivity index (χ0v) is 16.2. The van der Waals surface area contributed by atoms with Gasteiger partial charge in [0.2, 0.25) is 0 Å². The lowest BCUT2D eigenvalue weighted by Gasteiger charge is -2.21. The molecule has 0 spiro atoms. The lowest BCUT2D eigenvalue weighted by atomic mass is 10.2. The van der Waals surface area contributed by atoms with Gasteiger partial charge < -0.3 is 10.6 Å². The van der Waals surface area contributed by atoms with Gasteiger partial charge in [-0.05, 0) is 32.8 Å². The van der Waals surface area contributed by atoms with Crippen LogP contribution in [0.2, 0.25) is 0 Å². The highest BCUT2D eigenvalue weighted by Crippen LogP contribution is 2.20. The molecule has 1 saturated heterocycles. The van der Waals surface area contributed by atoms with Gasteiger partial charge >= 0.3 is 0 Å². The molecule has 0 aromatic heterocycles. The van der Waals surface area contributed by atoms with Crippen LogP contribution in [0.4, 0.5) is 0 Å². The second kappa shape index (κ2) is 10.0. The zero-order chi connectivity index (χ0) is 15.1. The third-order valence-electron chi connectivity index (χ3n) is 3.93. The summed E-state index contributed by atoms with van der Waals surface area (Å²) in [5.41, 5.74) is 1.39. The fourth-order valence-electron chi connectivity index (χ4n) is 2.91. The van der Waals surface area contributed by atoms with Gasteiger partial charge in [0.1, 0.15) is 0 Å². The van der Waals surface area contributed by atoms with Crippen molar-refractivity contribution in [1.29, 1.82) is 0 Å². The maximum atomic E-state index is 4.49. The summed E-state index contributed by atoms with van der Waals surface area (Å²) in [4.78, 5) is 7.03. The summed E-state index contributed by atoms with van der Waals surface area (Å²) >= 11 is 0. The number of hydrogen-bond donors (Lipinski definition) is 2. The van der Waals surface area contributed by atoms with Gasteiger partial charge in [-0.1, -0.05) is 30.3 Å². The number of likely N-dealkylation sites (tertiary alicyclic amines) is 1. The molecule has 124 valence electrons. The van der Waals surface area contributed by atoms with Crippen molar-refractivity contribution in [3.8, 4) is 0 Å². The predicted molar refractivity (Wildman–Crippen MR) is 105 cm³/mol. The van der Waals surface area contributed by atoms with E-state index in [9.17, 15) is 0 Å². The normalized spacial score (nSPS) is 22.2. The van der Waals surface area contributed by atoms with Gasteiger partial charge in [-0.25, -0.2) is 0 Å². The Bertz CT molecular complexity index is 449. The van der Waals surface area contributed by atoms with Crippen molar-refractivity contribution < 1.29 is 0 Å². The topological polar surface area (TPSA) is 39.7 Å². The van der Waals surface area contributed by atoms with Gasteiger partial charge in [-0.2, -0.15) is 0 Å². The molecule has 1 aliphatic heterocycles. The van der Waals surface area contributed by atoms with Crippen LogP contribution in [0.5, 0.6) is 0 Å². The molecule has 0 radical (unpaired) electrons. The number of rotatable bonds is 5. The fraction of sp³-hybridized carbons (Fsp3) is 0.588. The average Bonchev–Trinajstić information content (AvgIpc) is 2.80. The van der Waals surface area contributed by atoms with Crippen LogP contribution in [0, 0.1) is 0 Å². The van der Waals surface area contributed by atoms with E-state index in [4.69, 9.17) is 0 Å². The van der Waals surface area contributed by atoms with Crippen molar-refractivity contribution >= 4 is 29.9 Å². The summed E-state index contributed by atoms with van der Waals surface area (Å²) in [6.07, 6.45) is 1.17. The van der Waals surface area contributed by atoms with Crippen LogP contribution in [-0.4, -0.2) is 42.6 Å². The molecule has 22 heavy (non-hydrogen) atoms. The lowest BCUT2D eigenvalue weighted by molar-refractivity contribution is 0.258. The summed E-state index contributed by atoms with van der Waals surface area (Å²) in [6.45, 7) is 10.3. The minimum atomic E-state index is 0. The molecule has 2 unspecified atom stereocenters. The van der Waals surface area contributed by atoms with Gasteiger partial charge in [-0.15, -0.1) is 24.0 Å². The Morgan fingerprint density at radius 3 is 2.64 bits per heavy atom. The maximum absolute atomic E-state index is 4.49. The van der Waals surface area contributed by atoms with E-state index in [1.807, 2.05) is 0 Å². The molecule has 0 bridgehead atoms. The molecule has 1 aromatic rings. The highest BCUT2D eigenvalue weighted by molar-refractivity contribution is 14.0. The van der Waals surface area contributed by atoms with Crippen LogP contribution in [0.1, 0.15) is 32.8 Å². The molecule has 1 heterocycles. The van der Waals surface area contributed by atoms with Crippen molar-refractivity contribution in [2.45, 2.75) is 45.8 Å². The summed E-state index contributed by atoms with van der Waals surface area (Å²) in [6, 6.07) is 11.8. The van der Waals surface area contributed by atoms with E-state index in [1.165, 1.54) is 12.0 Å². The minimum Gasteiger partial charge on any atom is -0.357 e. The first kappa shape index (κ1) is 19.2. The van der Waals surface area contributed by atoms with Crippen LogP contribution in [0.3, 0.4) is 0 Å². The molecule has 2 atom stereocenters. The van der Waals surface area contributed by atoms with Crippen molar-refractivity contribution in [2.24, 2.45) is 4.99 Å². The van der Waals surface area contributed by atoms with Gasteiger partial charge in [0.15, 0.2) is 5.96 Å². The second-order valence-electron chi connectivity index (χ2n) is 5.69. The van der Waals surface area contributed by atoms with Crippen molar-refractivity contribution in [3.05, 3.63) is 35.9 Å². The van der Waals surface area contributed by atoms with E-state index >= 15 is 0 Å². The molecule has 2 rings (SSSR count). The van der Waals surface area contributed by atoms with Crippen LogP contribution >= 0.6 is 24.0 Å². The number of aliphatic imine (C=N–C) groups is 1. The largest absolute Gasteiger partial charge is 0.357 e. The van der Waals surface area contributed by atoms with Crippen molar-refractivity contribution in [2.75, 3.05) is 19.6 Å². The first-order valence-electron chi connectivity index (χ1n) is 8.05. The smallest absolute Gasteiger partial charge is 0.191 e. The Hall–Kier alpha value is -0.820. The number of hydrogen-bond acceptors (Lipinski definition) is 2. The molecular weight excluding hydrogens is 387 g/mol. The summed E-state index contributed by atoms with van der Waals surface area (Å²) in [5.74, 6) is 0.943. The molecule has 1 aromatic carbocycles. The number of guanidine groups is 1. The van der Waals surface area contributed by atoms with E-state index in [-0.39, 0.29) is 24.0 Å². The minimum absolute atomic E-state index is 0. The van der Waals surface area contributed by atoms with Crippen molar-refractivity contribution in [1.82, 2.24) is 15.5 Å². The lowest BCUT2D eigenvalue weighted by Crippen LogP contribution is -2.44. The Kier molecular flexibility index (Phi) is 8.78. The van der Waals surface area contributed by atoms with E-state index in [0.29, 0.717) is 12.1 Å². The molecule has 0 saturated carbocycles. The van der Waals surface area contributed by atoms with Gasteiger partial charge in [0.05, 0.1) is 0 Å². The number of benzene rings is 1. The number of halogens is 1. The molecular formula is C17H29IN4. The van der Waals surface area contributed by atoms with Crippen LogP contribution < -0.4 is 10.6 Å². The second-order valence-corrected chi connectivity index (χ2v) is 5.69. The molecule has 1 aliphatic rings. The predicted octanol–water partition coefficient (Wildman–Crippen LogP) is 2.84. The third-order valence-corrected chi connectivity index (χ3v) is 3.93. The Balaban J connectivity index is 0.00000242. The Morgan fingerprint density at radius 1 is 1.27 bits per heavy atom. The molecule has 1 fully saturated rings. The van der Waals surface area contributed by atoms with Crippen molar-refractivity contribution in [3.63, 3.8) is 0 Å². The summed E-state index contributed by atoms with van der Waals surface area (Å²) < 4.78 is 0. The van der Waals surface area contributed by atoms with E-state index in [2.05, 4.69) is 71.6 Å². The SMILES string of the molecule is CCN=C(NCC)NC1CC(C)N(Cc2ccccc2)C1.I. The molecule has 5 heteroatoms. The quantitative estimate of drug-likeness (QED) is 0.441. The van der Waals surface area contributed by atoms with E-state index in [0.717, 1.165) is 32.1 Å². The van der Waals surface area contributed by atoms with Gasteiger partial charge in [0.25, 0.3) is 0 Å². The Morgan fingerprint density at radius 2 is 2.00 bits per heavy atom. The summed E-state index contributed by atoms with van der Waals surface area (Å²) in [5, 5.41) is 6.87. The van der Waals surface area contributed by atoms with E-state index in [1.54, 1.807) is 0 Å². The fourth-order valence-corrected chi connectivity index (χ4v) is 2.91. The monoisotopic (exact) mass is 416 g/mol. The molecule has 0 aliphatic carbocycles. The highest BCUT2D eigenvalue weighted by atomic mass is 127. The number of nitrogens with zero attached hydrogens (tertiary/aromatic N) is 2. The third kappa shape index (κ3) is 5.76. The molecule has 4 nitrogen and oxygen atoms in total. The van der Waals surface area contributed by atoms with E-state index < -0.39 is 0 Å². The standard InChI is InChI=1S/C17H28N4.HI/c1-4-18-17(19-5-2)20-16-11-14(3)21(13-16)12-15-9-7-6-8-10-15;/h6-10,14,16H,4-5,11-13H2,1-3H3,(H2,18,19,20);1H. The maximum Gasteiger partial charge on any atom is 0.191 e. The first-order chi connectivity index (χ1) is 10.2. The van der Waals surface area contributed by atoms with Crippen LogP contribution in [0.25, 0.3) is 0 Å². The van der Waals surface area contributed by atoms with Gasteiger partial charge in [0, 0.05) is 38.3 Å². The first-order valence-corrected chi connectivity index (χ1v) is 8.05.